The summed E-state index contributed by atoms with van der Waals surface area (Å²) in [6, 6.07) is 7.46. The summed E-state index contributed by atoms with van der Waals surface area (Å²) in [5.74, 6) is -1.01. The molecule has 0 bridgehead atoms. The molecule has 2 amide bonds. The zero-order valence-electron chi connectivity index (χ0n) is 9.88. The lowest BCUT2D eigenvalue weighted by Gasteiger charge is -2.16. The first-order chi connectivity index (χ1) is 8.54. The van der Waals surface area contributed by atoms with E-state index in [9.17, 15) is 9.59 Å². The van der Waals surface area contributed by atoms with Crippen molar-refractivity contribution >= 4 is 17.7 Å². The number of carbonyl (C=O) groups is 2. The Morgan fingerprint density at radius 1 is 1.39 bits per heavy atom. The number of urea groups is 1. The molecule has 0 fully saturated rings. The summed E-state index contributed by atoms with van der Waals surface area (Å²) >= 11 is 0. The maximum absolute atomic E-state index is 11.6. The maximum atomic E-state index is 11.6. The highest BCUT2D eigenvalue weighted by atomic mass is 16.4. The van der Waals surface area contributed by atoms with Gasteiger partial charge in [-0.2, -0.15) is 5.26 Å². The second-order valence-electron chi connectivity index (χ2n) is 3.64. The van der Waals surface area contributed by atoms with Crippen molar-refractivity contribution in [3.8, 4) is 6.07 Å². The van der Waals surface area contributed by atoms with Crippen molar-refractivity contribution in [3.63, 3.8) is 0 Å². The van der Waals surface area contributed by atoms with Gasteiger partial charge in [-0.25, -0.2) is 9.59 Å². The summed E-state index contributed by atoms with van der Waals surface area (Å²) in [7, 11) is 1.58. The molecule has 0 saturated carbocycles. The highest BCUT2D eigenvalue weighted by molar-refractivity contribution is 5.91. The van der Waals surface area contributed by atoms with Crippen LogP contribution in [0.3, 0.4) is 0 Å². The van der Waals surface area contributed by atoms with Gasteiger partial charge in [-0.05, 0) is 24.3 Å². The molecule has 6 nitrogen and oxygen atoms in total. The molecule has 0 radical (unpaired) electrons. The van der Waals surface area contributed by atoms with Gasteiger partial charge in [0.1, 0.15) is 0 Å². The molecule has 0 aliphatic carbocycles. The van der Waals surface area contributed by atoms with E-state index in [1.54, 1.807) is 7.05 Å². The number of nitrogens with one attached hydrogen (secondary N) is 1. The van der Waals surface area contributed by atoms with Crippen LogP contribution in [0.25, 0.3) is 0 Å². The number of carboxylic acid groups (broad SMARTS) is 1. The fraction of sp³-hybridized carbons (Fsp3) is 0.250. The van der Waals surface area contributed by atoms with Crippen molar-refractivity contribution in [1.29, 1.82) is 5.26 Å². The number of hydrogen-bond donors (Lipinski definition) is 2. The molecule has 0 unspecified atom stereocenters. The van der Waals surface area contributed by atoms with Gasteiger partial charge in [0, 0.05) is 19.3 Å². The van der Waals surface area contributed by atoms with Crippen LogP contribution in [-0.2, 0) is 0 Å². The van der Waals surface area contributed by atoms with Crippen LogP contribution in [0.2, 0.25) is 0 Å². The van der Waals surface area contributed by atoms with E-state index in [2.05, 4.69) is 5.32 Å². The zero-order valence-corrected chi connectivity index (χ0v) is 9.88. The molecule has 2 N–H and O–H groups in total. The average molecular weight is 247 g/mol. The van der Waals surface area contributed by atoms with Gasteiger partial charge in [-0.15, -0.1) is 0 Å². The molecule has 0 spiro atoms. The number of benzene rings is 1. The fourth-order valence-corrected chi connectivity index (χ4v) is 1.23. The first kappa shape index (κ1) is 13.5. The lowest BCUT2D eigenvalue weighted by molar-refractivity contribution is 0.0697. The summed E-state index contributed by atoms with van der Waals surface area (Å²) in [6.45, 7) is 0.343. The lowest BCUT2D eigenvalue weighted by atomic mass is 10.2. The SMILES string of the molecule is CN(CCC#N)C(=O)Nc1ccc(C(=O)O)cc1. The van der Waals surface area contributed by atoms with Crippen molar-refractivity contribution < 1.29 is 14.7 Å². The van der Waals surface area contributed by atoms with Gasteiger partial charge >= 0.3 is 12.0 Å². The Hall–Kier alpha value is -2.55. The minimum Gasteiger partial charge on any atom is -0.478 e. The van der Waals surface area contributed by atoms with Crippen molar-refractivity contribution in [3.05, 3.63) is 29.8 Å². The molecule has 0 aliphatic heterocycles. The average Bonchev–Trinajstić information content (AvgIpc) is 2.36. The summed E-state index contributed by atoms with van der Waals surface area (Å²) in [6.07, 6.45) is 0.266. The minimum absolute atomic E-state index is 0.158. The Morgan fingerprint density at radius 2 is 2.00 bits per heavy atom. The molecular formula is C12H13N3O3. The third kappa shape index (κ3) is 3.79. The van der Waals surface area contributed by atoms with Crippen LogP contribution in [0.4, 0.5) is 10.5 Å². The molecular weight excluding hydrogens is 234 g/mol. The number of rotatable bonds is 4. The van der Waals surface area contributed by atoms with E-state index in [0.29, 0.717) is 12.2 Å². The molecule has 0 heterocycles. The van der Waals surface area contributed by atoms with E-state index in [1.807, 2.05) is 6.07 Å². The Balaban J connectivity index is 2.59. The van der Waals surface area contributed by atoms with E-state index in [4.69, 9.17) is 10.4 Å². The predicted molar refractivity (Wildman–Crippen MR) is 65.3 cm³/mol. The van der Waals surface area contributed by atoms with Crippen molar-refractivity contribution in [1.82, 2.24) is 4.90 Å². The van der Waals surface area contributed by atoms with E-state index in [-0.39, 0.29) is 18.0 Å². The van der Waals surface area contributed by atoms with Gasteiger partial charge in [-0.1, -0.05) is 0 Å². The Kier molecular flexibility index (Phi) is 4.69. The van der Waals surface area contributed by atoms with E-state index in [1.165, 1.54) is 29.2 Å². The second-order valence-corrected chi connectivity index (χ2v) is 3.64. The number of hydrogen-bond acceptors (Lipinski definition) is 3. The number of aromatic carboxylic acids is 1. The smallest absolute Gasteiger partial charge is 0.335 e. The highest BCUT2D eigenvalue weighted by Crippen LogP contribution is 2.10. The normalized spacial score (nSPS) is 9.33. The Bertz CT molecular complexity index is 476. The van der Waals surface area contributed by atoms with E-state index in [0.717, 1.165) is 0 Å². The van der Waals surface area contributed by atoms with Crippen LogP contribution in [0, 0.1) is 11.3 Å². The quantitative estimate of drug-likeness (QED) is 0.847. The Morgan fingerprint density at radius 3 is 2.50 bits per heavy atom. The number of amides is 2. The first-order valence-electron chi connectivity index (χ1n) is 5.27. The lowest BCUT2D eigenvalue weighted by Crippen LogP contribution is -2.31. The highest BCUT2D eigenvalue weighted by Gasteiger charge is 2.08. The molecule has 1 aromatic rings. The summed E-state index contributed by atoms with van der Waals surface area (Å²) in [5.41, 5.74) is 0.666. The number of carboxylic acids is 1. The topological polar surface area (TPSA) is 93.4 Å². The molecule has 1 rings (SSSR count). The van der Waals surface area contributed by atoms with Gasteiger partial charge in [-0.3, -0.25) is 0 Å². The molecule has 0 aromatic heterocycles. The predicted octanol–water partition coefficient (Wildman–Crippen LogP) is 1.76. The zero-order chi connectivity index (χ0) is 13.5. The first-order valence-corrected chi connectivity index (χ1v) is 5.27. The number of nitrogens with zero attached hydrogens (tertiary/aromatic N) is 2. The van der Waals surface area contributed by atoms with Crippen LogP contribution in [0.5, 0.6) is 0 Å². The standard InChI is InChI=1S/C12H13N3O3/c1-15(8-2-7-13)12(18)14-10-5-3-9(4-6-10)11(16)17/h3-6H,2,8H2,1H3,(H,14,18)(H,16,17). The van der Waals surface area contributed by atoms with Crippen LogP contribution in [0.1, 0.15) is 16.8 Å². The van der Waals surface area contributed by atoms with Crippen LogP contribution >= 0.6 is 0 Å². The molecule has 6 heteroatoms. The van der Waals surface area contributed by atoms with Gasteiger partial charge in [0.15, 0.2) is 0 Å². The van der Waals surface area contributed by atoms with Crippen LogP contribution in [-0.4, -0.2) is 35.6 Å². The Labute approximate surface area is 104 Å². The van der Waals surface area contributed by atoms with Crippen molar-refractivity contribution in [2.45, 2.75) is 6.42 Å². The summed E-state index contributed by atoms with van der Waals surface area (Å²) in [5, 5.41) is 19.7. The van der Waals surface area contributed by atoms with Crippen molar-refractivity contribution in [2.24, 2.45) is 0 Å². The molecule has 94 valence electrons. The largest absolute Gasteiger partial charge is 0.478 e. The maximum Gasteiger partial charge on any atom is 0.335 e. The number of anilines is 1. The molecule has 0 atom stereocenters. The third-order valence-electron chi connectivity index (χ3n) is 2.29. The fourth-order valence-electron chi connectivity index (χ4n) is 1.23. The summed E-state index contributed by atoms with van der Waals surface area (Å²) < 4.78 is 0. The number of carbonyl (C=O) groups excluding carboxylic acids is 1. The third-order valence-corrected chi connectivity index (χ3v) is 2.29. The van der Waals surface area contributed by atoms with E-state index < -0.39 is 5.97 Å². The minimum atomic E-state index is -1.01. The van der Waals surface area contributed by atoms with Crippen LogP contribution < -0.4 is 5.32 Å². The summed E-state index contributed by atoms with van der Waals surface area (Å²) in [4.78, 5) is 23.6. The van der Waals surface area contributed by atoms with Gasteiger partial charge in [0.05, 0.1) is 18.1 Å². The molecule has 1 aromatic carbocycles. The second kappa shape index (κ2) is 6.25. The van der Waals surface area contributed by atoms with Crippen molar-refractivity contribution in [2.75, 3.05) is 18.9 Å². The van der Waals surface area contributed by atoms with Gasteiger partial charge in [0.2, 0.25) is 0 Å². The molecule has 18 heavy (non-hydrogen) atoms. The van der Waals surface area contributed by atoms with E-state index >= 15 is 0 Å². The monoisotopic (exact) mass is 247 g/mol. The van der Waals surface area contributed by atoms with Gasteiger partial charge < -0.3 is 15.3 Å². The van der Waals surface area contributed by atoms with Crippen LogP contribution in [0.15, 0.2) is 24.3 Å². The molecule has 0 aliphatic rings. The van der Waals surface area contributed by atoms with Gasteiger partial charge in [0.25, 0.3) is 0 Å². The number of nitriles is 1. The molecule has 0 saturated heterocycles.